The van der Waals surface area contributed by atoms with Gasteiger partial charge in [0.1, 0.15) is 5.82 Å². The summed E-state index contributed by atoms with van der Waals surface area (Å²) in [6.07, 6.45) is 1.00. The average molecular weight is 210 g/mol. The van der Waals surface area contributed by atoms with Crippen molar-refractivity contribution in [2.45, 2.75) is 20.3 Å². The summed E-state index contributed by atoms with van der Waals surface area (Å²) in [5, 5.41) is 3.24. The summed E-state index contributed by atoms with van der Waals surface area (Å²) in [4.78, 5) is 0. The minimum Gasteiger partial charge on any atom is -0.385 e. The molecule has 0 fully saturated rings. The van der Waals surface area contributed by atoms with Gasteiger partial charge in [-0.15, -0.1) is 0 Å². The van der Waals surface area contributed by atoms with Crippen LogP contribution in [0.15, 0.2) is 24.3 Å². The molecule has 0 bridgehead atoms. The molecule has 84 valence electrons. The van der Waals surface area contributed by atoms with E-state index in [0.717, 1.165) is 18.7 Å². The van der Waals surface area contributed by atoms with E-state index in [1.54, 1.807) is 12.1 Å². The SMILES string of the molecule is CC(C)(CN)CCNc1ccc(F)cc1. The van der Waals surface area contributed by atoms with E-state index < -0.39 is 0 Å². The molecule has 0 saturated heterocycles. The van der Waals surface area contributed by atoms with Crippen LogP contribution in [-0.4, -0.2) is 13.1 Å². The Balaban J connectivity index is 2.35. The largest absolute Gasteiger partial charge is 0.385 e. The summed E-state index contributed by atoms with van der Waals surface area (Å²) >= 11 is 0. The molecule has 1 aromatic carbocycles. The highest BCUT2D eigenvalue weighted by Gasteiger charge is 2.14. The van der Waals surface area contributed by atoms with Gasteiger partial charge in [-0.3, -0.25) is 0 Å². The molecule has 15 heavy (non-hydrogen) atoms. The van der Waals surface area contributed by atoms with Gasteiger partial charge in [-0.05, 0) is 42.6 Å². The lowest BCUT2D eigenvalue weighted by atomic mass is 9.90. The van der Waals surface area contributed by atoms with E-state index >= 15 is 0 Å². The summed E-state index contributed by atoms with van der Waals surface area (Å²) in [6, 6.07) is 6.39. The molecule has 3 heteroatoms. The van der Waals surface area contributed by atoms with Gasteiger partial charge in [0.15, 0.2) is 0 Å². The molecule has 0 aromatic heterocycles. The third-order valence-electron chi connectivity index (χ3n) is 2.53. The van der Waals surface area contributed by atoms with Gasteiger partial charge >= 0.3 is 0 Å². The molecule has 0 unspecified atom stereocenters. The van der Waals surface area contributed by atoms with Crippen LogP contribution in [0.5, 0.6) is 0 Å². The standard InChI is InChI=1S/C12H19FN2/c1-12(2,9-14)7-8-15-11-5-3-10(13)4-6-11/h3-6,15H,7-9,14H2,1-2H3. The maximum atomic E-state index is 12.6. The highest BCUT2D eigenvalue weighted by Crippen LogP contribution is 2.18. The quantitative estimate of drug-likeness (QED) is 0.784. The van der Waals surface area contributed by atoms with Gasteiger partial charge in [-0.1, -0.05) is 13.8 Å². The number of rotatable bonds is 5. The molecule has 1 aromatic rings. The third kappa shape index (κ3) is 4.30. The van der Waals surface area contributed by atoms with E-state index in [2.05, 4.69) is 19.2 Å². The summed E-state index contributed by atoms with van der Waals surface area (Å²) in [5.74, 6) is -0.206. The van der Waals surface area contributed by atoms with E-state index in [9.17, 15) is 4.39 Å². The van der Waals surface area contributed by atoms with Crippen LogP contribution in [0.4, 0.5) is 10.1 Å². The van der Waals surface area contributed by atoms with Gasteiger partial charge < -0.3 is 11.1 Å². The molecular weight excluding hydrogens is 191 g/mol. The van der Waals surface area contributed by atoms with Crippen LogP contribution < -0.4 is 11.1 Å². The molecule has 0 aliphatic carbocycles. The van der Waals surface area contributed by atoms with Crippen molar-refractivity contribution in [3.05, 3.63) is 30.1 Å². The Morgan fingerprint density at radius 1 is 1.27 bits per heavy atom. The Labute approximate surface area is 90.7 Å². The van der Waals surface area contributed by atoms with Crippen molar-refractivity contribution in [3.63, 3.8) is 0 Å². The van der Waals surface area contributed by atoms with Crippen LogP contribution >= 0.6 is 0 Å². The van der Waals surface area contributed by atoms with Crippen LogP contribution in [0.3, 0.4) is 0 Å². The lowest BCUT2D eigenvalue weighted by molar-refractivity contribution is 0.358. The predicted octanol–water partition coefficient (Wildman–Crippen LogP) is 2.61. The van der Waals surface area contributed by atoms with E-state index in [0.29, 0.717) is 6.54 Å². The van der Waals surface area contributed by atoms with Crippen molar-refractivity contribution in [1.29, 1.82) is 0 Å². The first-order chi connectivity index (χ1) is 7.03. The van der Waals surface area contributed by atoms with Gasteiger partial charge in [0.25, 0.3) is 0 Å². The Hall–Kier alpha value is -1.09. The Morgan fingerprint density at radius 2 is 1.87 bits per heavy atom. The second-order valence-corrected chi connectivity index (χ2v) is 4.55. The van der Waals surface area contributed by atoms with Crippen LogP contribution in [0.25, 0.3) is 0 Å². The molecule has 2 nitrogen and oxygen atoms in total. The molecule has 0 aliphatic heterocycles. The summed E-state index contributed by atoms with van der Waals surface area (Å²) in [7, 11) is 0. The highest BCUT2D eigenvalue weighted by molar-refractivity contribution is 5.42. The second kappa shape index (κ2) is 5.12. The molecule has 0 saturated carbocycles. The van der Waals surface area contributed by atoms with Crippen molar-refractivity contribution in [2.75, 3.05) is 18.4 Å². The van der Waals surface area contributed by atoms with Gasteiger partial charge in [-0.2, -0.15) is 0 Å². The van der Waals surface area contributed by atoms with Gasteiger partial charge in [0.05, 0.1) is 0 Å². The number of hydrogen-bond donors (Lipinski definition) is 2. The molecule has 0 aliphatic rings. The number of nitrogens with two attached hydrogens (primary N) is 1. The number of benzene rings is 1. The van der Waals surface area contributed by atoms with Crippen molar-refractivity contribution in [3.8, 4) is 0 Å². The Kier molecular flexibility index (Phi) is 4.09. The fraction of sp³-hybridized carbons (Fsp3) is 0.500. The Morgan fingerprint density at radius 3 is 2.40 bits per heavy atom. The van der Waals surface area contributed by atoms with Crippen molar-refractivity contribution >= 4 is 5.69 Å². The minimum absolute atomic E-state index is 0.160. The van der Waals surface area contributed by atoms with E-state index in [4.69, 9.17) is 5.73 Å². The number of anilines is 1. The zero-order chi connectivity index (χ0) is 11.3. The summed E-state index contributed by atoms with van der Waals surface area (Å²) < 4.78 is 12.6. The fourth-order valence-electron chi connectivity index (χ4n) is 1.22. The molecule has 1 rings (SSSR count). The molecule has 0 amide bonds. The molecule has 0 atom stereocenters. The van der Waals surface area contributed by atoms with Gasteiger partial charge in [0.2, 0.25) is 0 Å². The molecule has 0 spiro atoms. The molecular formula is C12H19FN2. The first-order valence-electron chi connectivity index (χ1n) is 5.23. The summed E-state index contributed by atoms with van der Waals surface area (Å²) in [5.41, 5.74) is 6.74. The van der Waals surface area contributed by atoms with Crippen LogP contribution in [0.2, 0.25) is 0 Å². The second-order valence-electron chi connectivity index (χ2n) is 4.55. The zero-order valence-electron chi connectivity index (χ0n) is 9.39. The smallest absolute Gasteiger partial charge is 0.123 e. The fourth-order valence-corrected chi connectivity index (χ4v) is 1.22. The van der Waals surface area contributed by atoms with E-state index in [1.165, 1.54) is 12.1 Å². The predicted molar refractivity (Wildman–Crippen MR) is 62.3 cm³/mol. The molecule has 3 N–H and O–H groups in total. The van der Waals surface area contributed by atoms with Crippen molar-refractivity contribution in [1.82, 2.24) is 0 Å². The molecule has 0 heterocycles. The van der Waals surface area contributed by atoms with E-state index in [1.807, 2.05) is 0 Å². The zero-order valence-corrected chi connectivity index (χ0v) is 9.39. The monoisotopic (exact) mass is 210 g/mol. The van der Waals surface area contributed by atoms with Crippen LogP contribution in [0, 0.1) is 11.2 Å². The summed E-state index contributed by atoms with van der Waals surface area (Å²) in [6.45, 7) is 5.81. The Bertz CT molecular complexity index is 293. The van der Waals surface area contributed by atoms with E-state index in [-0.39, 0.29) is 11.2 Å². The maximum absolute atomic E-state index is 12.6. The van der Waals surface area contributed by atoms with Crippen molar-refractivity contribution in [2.24, 2.45) is 11.1 Å². The molecule has 0 radical (unpaired) electrons. The van der Waals surface area contributed by atoms with Crippen molar-refractivity contribution < 1.29 is 4.39 Å². The van der Waals surface area contributed by atoms with Crippen LogP contribution in [-0.2, 0) is 0 Å². The topological polar surface area (TPSA) is 38.0 Å². The first-order valence-corrected chi connectivity index (χ1v) is 5.23. The lowest BCUT2D eigenvalue weighted by Crippen LogP contribution is -2.26. The van der Waals surface area contributed by atoms with Crippen LogP contribution in [0.1, 0.15) is 20.3 Å². The minimum atomic E-state index is -0.206. The normalized spacial score (nSPS) is 11.5. The first kappa shape index (κ1) is 12.0. The number of nitrogens with one attached hydrogen (secondary N) is 1. The number of hydrogen-bond acceptors (Lipinski definition) is 2. The third-order valence-corrected chi connectivity index (χ3v) is 2.53. The highest BCUT2D eigenvalue weighted by atomic mass is 19.1. The van der Waals surface area contributed by atoms with Gasteiger partial charge in [0, 0.05) is 12.2 Å². The van der Waals surface area contributed by atoms with Gasteiger partial charge in [-0.25, -0.2) is 4.39 Å². The maximum Gasteiger partial charge on any atom is 0.123 e. The lowest BCUT2D eigenvalue weighted by Gasteiger charge is -2.22. The number of halogens is 1. The average Bonchev–Trinajstić information content (AvgIpc) is 2.21.